The Balaban J connectivity index is 1.44. The van der Waals surface area contributed by atoms with Crippen LogP contribution >= 0.6 is 11.6 Å². The molecule has 4 rings (SSSR count). The molecular weight excluding hydrogens is 440 g/mol. The molecule has 2 unspecified atom stereocenters. The van der Waals surface area contributed by atoms with Gasteiger partial charge < -0.3 is 9.73 Å². The minimum atomic E-state index is -0.281. The molecule has 2 aliphatic heterocycles. The predicted molar refractivity (Wildman–Crippen MR) is 128 cm³/mol. The Morgan fingerprint density at radius 3 is 2.79 bits per heavy atom. The summed E-state index contributed by atoms with van der Waals surface area (Å²) in [6, 6.07) is 10.9. The summed E-state index contributed by atoms with van der Waals surface area (Å²) in [6.45, 7) is 4.45. The summed E-state index contributed by atoms with van der Waals surface area (Å²) in [4.78, 5) is 27.9. The second-order valence-electron chi connectivity index (χ2n) is 8.75. The smallest absolute Gasteiger partial charge is 0.257 e. The minimum Gasteiger partial charge on any atom is -0.467 e. The fourth-order valence-corrected chi connectivity index (χ4v) is 4.60. The molecule has 1 fully saturated rings. The van der Waals surface area contributed by atoms with E-state index in [-0.39, 0.29) is 30.3 Å². The van der Waals surface area contributed by atoms with Gasteiger partial charge >= 0.3 is 0 Å². The zero-order chi connectivity index (χ0) is 23.2. The molecule has 7 nitrogen and oxygen atoms in total. The van der Waals surface area contributed by atoms with Gasteiger partial charge in [0.15, 0.2) is 0 Å². The average Bonchev–Trinajstić information content (AvgIpc) is 3.50. The molecule has 33 heavy (non-hydrogen) atoms. The van der Waals surface area contributed by atoms with Crippen molar-refractivity contribution < 1.29 is 14.0 Å². The fraction of sp³-hybridized carbons (Fsp3) is 0.480. The van der Waals surface area contributed by atoms with E-state index in [4.69, 9.17) is 16.0 Å². The molecule has 0 bridgehead atoms. The number of furan rings is 1. The summed E-state index contributed by atoms with van der Waals surface area (Å²) in [6.07, 6.45) is 5.99. The number of carbonyl (C=O) groups excluding carboxylic acids is 2. The lowest BCUT2D eigenvalue weighted by Gasteiger charge is -2.32. The van der Waals surface area contributed by atoms with E-state index >= 15 is 0 Å². The van der Waals surface area contributed by atoms with Gasteiger partial charge in [0, 0.05) is 24.5 Å². The fourth-order valence-electron chi connectivity index (χ4n) is 4.47. The van der Waals surface area contributed by atoms with Gasteiger partial charge in [0.1, 0.15) is 11.8 Å². The standard InChI is InChI=1S/C25H31ClN4O3/c1-2-3-12-27-25(32)19-6-4-13-29(16-19)17-24(31)30-22(23-7-5-14-33-23)15-21(28-30)18-8-10-20(26)11-9-18/h5,7-11,14,19,22H,2-4,6,12-13,15-17H2,1H3,(H,27,32). The van der Waals surface area contributed by atoms with Crippen molar-refractivity contribution in [2.75, 3.05) is 26.2 Å². The summed E-state index contributed by atoms with van der Waals surface area (Å²) in [5, 5.41) is 9.93. The van der Waals surface area contributed by atoms with Crippen LogP contribution in [0.15, 0.2) is 52.2 Å². The van der Waals surface area contributed by atoms with Crippen LogP contribution in [-0.4, -0.2) is 53.6 Å². The Kier molecular flexibility index (Phi) is 7.83. The van der Waals surface area contributed by atoms with Crippen LogP contribution in [0, 0.1) is 5.92 Å². The Morgan fingerprint density at radius 1 is 1.24 bits per heavy atom. The number of unbranched alkanes of at least 4 members (excludes halogenated alkanes) is 1. The molecule has 1 saturated heterocycles. The quantitative estimate of drug-likeness (QED) is 0.585. The molecule has 8 heteroatoms. The number of piperidine rings is 1. The Hall–Kier alpha value is -2.64. The molecule has 2 aliphatic rings. The maximum absolute atomic E-state index is 13.4. The van der Waals surface area contributed by atoms with E-state index in [2.05, 4.69) is 22.2 Å². The molecule has 3 heterocycles. The first kappa shape index (κ1) is 23.5. The molecule has 0 saturated carbocycles. The van der Waals surface area contributed by atoms with Gasteiger partial charge in [-0.25, -0.2) is 5.01 Å². The van der Waals surface area contributed by atoms with Crippen molar-refractivity contribution in [3.05, 3.63) is 59.0 Å². The van der Waals surface area contributed by atoms with Crippen LogP contribution in [-0.2, 0) is 9.59 Å². The van der Waals surface area contributed by atoms with E-state index in [1.54, 1.807) is 11.3 Å². The van der Waals surface area contributed by atoms with Crippen LogP contribution in [0.5, 0.6) is 0 Å². The number of nitrogens with one attached hydrogen (secondary N) is 1. The highest BCUT2D eigenvalue weighted by Crippen LogP contribution is 2.33. The van der Waals surface area contributed by atoms with Crippen LogP contribution in [0.1, 0.15) is 56.4 Å². The number of hydrogen-bond acceptors (Lipinski definition) is 5. The van der Waals surface area contributed by atoms with Gasteiger partial charge in [-0.05, 0) is 55.6 Å². The Morgan fingerprint density at radius 2 is 2.06 bits per heavy atom. The van der Waals surface area contributed by atoms with Crippen molar-refractivity contribution in [3.63, 3.8) is 0 Å². The number of carbonyl (C=O) groups is 2. The van der Waals surface area contributed by atoms with Gasteiger partial charge in [0.25, 0.3) is 5.91 Å². The normalized spacial score (nSPS) is 21.2. The predicted octanol–water partition coefficient (Wildman–Crippen LogP) is 4.24. The van der Waals surface area contributed by atoms with Crippen LogP contribution in [0.3, 0.4) is 0 Å². The van der Waals surface area contributed by atoms with Crippen LogP contribution in [0.2, 0.25) is 5.02 Å². The molecule has 2 aromatic rings. The number of amides is 2. The number of halogens is 1. The molecule has 1 N–H and O–H groups in total. The van der Waals surface area contributed by atoms with Crippen molar-refractivity contribution in [1.29, 1.82) is 0 Å². The van der Waals surface area contributed by atoms with Crippen molar-refractivity contribution in [2.45, 2.75) is 45.1 Å². The van der Waals surface area contributed by atoms with Gasteiger partial charge in [-0.15, -0.1) is 0 Å². The zero-order valence-corrected chi connectivity index (χ0v) is 19.8. The van der Waals surface area contributed by atoms with Crippen LogP contribution < -0.4 is 5.32 Å². The first-order valence-corrected chi connectivity index (χ1v) is 12.1. The Labute approximate surface area is 199 Å². The van der Waals surface area contributed by atoms with Crippen molar-refractivity contribution in [3.8, 4) is 0 Å². The monoisotopic (exact) mass is 470 g/mol. The van der Waals surface area contributed by atoms with Gasteiger partial charge in [-0.2, -0.15) is 5.10 Å². The molecule has 2 atom stereocenters. The van der Waals surface area contributed by atoms with Crippen molar-refractivity contribution in [1.82, 2.24) is 15.2 Å². The lowest BCUT2D eigenvalue weighted by atomic mass is 9.97. The average molecular weight is 471 g/mol. The molecular formula is C25H31ClN4O3. The highest BCUT2D eigenvalue weighted by atomic mass is 35.5. The number of benzene rings is 1. The van der Waals surface area contributed by atoms with E-state index in [0.29, 0.717) is 30.3 Å². The molecule has 0 spiro atoms. The summed E-state index contributed by atoms with van der Waals surface area (Å²) < 4.78 is 5.63. The molecule has 0 aliphatic carbocycles. The van der Waals surface area contributed by atoms with E-state index in [0.717, 1.165) is 43.5 Å². The number of nitrogens with zero attached hydrogens (tertiary/aromatic N) is 3. The zero-order valence-electron chi connectivity index (χ0n) is 19.0. The summed E-state index contributed by atoms with van der Waals surface area (Å²) >= 11 is 6.03. The number of hydrazone groups is 1. The molecule has 1 aromatic heterocycles. The number of hydrogen-bond donors (Lipinski definition) is 1. The summed E-state index contributed by atoms with van der Waals surface area (Å²) in [5.74, 6) is 0.643. The molecule has 2 amide bonds. The van der Waals surface area contributed by atoms with Crippen molar-refractivity contribution >= 4 is 29.1 Å². The van der Waals surface area contributed by atoms with Gasteiger partial charge in [0.05, 0.1) is 24.4 Å². The van der Waals surface area contributed by atoms with Gasteiger partial charge in [0.2, 0.25) is 5.91 Å². The molecule has 1 aromatic carbocycles. The van der Waals surface area contributed by atoms with Crippen LogP contribution in [0.25, 0.3) is 0 Å². The largest absolute Gasteiger partial charge is 0.467 e. The lowest BCUT2D eigenvalue weighted by Crippen LogP contribution is -2.46. The number of rotatable bonds is 8. The molecule has 176 valence electrons. The summed E-state index contributed by atoms with van der Waals surface area (Å²) in [7, 11) is 0. The first-order chi connectivity index (χ1) is 16.0. The van der Waals surface area contributed by atoms with Gasteiger partial charge in [-0.3, -0.25) is 14.5 Å². The maximum Gasteiger partial charge on any atom is 0.257 e. The third kappa shape index (κ3) is 5.84. The third-order valence-electron chi connectivity index (χ3n) is 6.28. The minimum absolute atomic E-state index is 0.0732. The number of likely N-dealkylation sites (tertiary alicyclic amines) is 1. The highest BCUT2D eigenvalue weighted by molar-refractivity contribution is 6.30. The van der Waals surface area contributed by atoms with Gasteiger partial charge in [-0.1, -0.05) is 37.1 Å². The second-order valence-corrected chi connectivity index (χ2v) is 9.18. The topological polar surface area (TPSA) is 78.2 Å². The van der Waals surface area contributed by atoms with Crippen molar-refractivity contribution in [2.24, 2.45) is 11.0 Å². The maximum atomic E-state index is 13.4. The van der Waals surface area contributed by atoms with E-state index in [9.17, 15) is 9.59 Å². The van der Waals surface area contributed by atoms with E-state index in [1.165, 1.54) is 0 Å². The SMILES string of the molecule is CCCCNC(=O)C1CCCN(CC(=O)N2N=C(c3ccc(Cl)cc3)CC2c2ccco2)C1. The van der Waals surface area contributed by atoms with E-state index in [1.807, 2.05) is 36.4 Å². The van der Waals surface area contributed by atoms with E-state index < -0.39 is 0 Å². The Bertz CT molecular complexity index is 974. The lowest BCUT2D eigenvalue weighted by molar-refractivity contribution is -0.136. The summed E-state index contributed by atoms with van der Waals surface area (Å²) in [5.41, 5.74) is 1.77. The highest BCUT2D eigenvalue weighted by Gasteiger charge is 2.36. The first-order valence-electron chi connectivity index (χ1n) is 11.7. The second kappa shape index (κ2) is 11.0. The molecule has 0 radical (unpaired) electrons. The van der Waals surface area contributed by atoms with Crippen LogP contribution in [0.4, 0.5) is 0 Å². The third-order valence-corrected chi connectivity index (χ3v) is 6.53.